The lowest BCUT2D eigenvalue weighted by Crippen LogP contribution is -2.38. The van der Waals surface area contributed by atoms with Crippen LogP contribution in [0.15, 0.2) is 48.7 Å². The summed E-state index contributed by atoms with van der Waals surface area (Å²) in [5, 5.41) is 10.1. The predicted molar refractivity (Wildman–Crippen MR) is 179 cm³/mol. The van der Waals surface area contributed by atoms with Gasteiger partial charge >= 0.3 is 12.0 Å². The number of anilines is 2. The minimum Gasteiger partial charge on any atom is -0.492 e. The van der Waals surface area contributed by atoms with Crippen LogP contribution in [0, 0.1) is 0 Å². The zero-order chi connectivity index (χ0) is 34.4. The number of carboxylic acid groups (broad SMARTS) is 1. The van der Waals surface area contributed by atoms with Crippen molar-refractivity contribution in [3.8, 4) is 23.4 Å². The van der Waals surface area contributed by atoms with Crippen molar-refractivity contribution in [1.82, 2.24) is 19.4 Å². The molecule has 0 unspecified atom stereocenters. The standard InChI is InChI=1S/C20H22N4O5.C12H20N2O3S/c1-23-15(19(25)26)13-14-3-2-4-16(18(14)23)29-17-5-6-21-20(22-17)28-12-9-24-7-10-27-11-8-24;1-12(2,3)8-6-9(13)11(17-4)10(7-8)14-18(5,15)16/h2-6,13H,7-12H2,1H3,(H,25,26);6-7,14H,13H2,1-5H3. The van der Waals surface area contributed by atoms with E-state index in [0.717, 1.165) is 50.1 Å². The minimum absolute atomic E-state index is 0.131. The van der Waals surface area contributed by atoms with Crippen molar-refractivity contribution in [1.29, 1.82) is 0 Å². The number of nitrogen functional groups attached to an aromatic ring is 1. The number of ether oxygens (including phenoxy) is 4. The van der Waals surface area contributed by atoms with Crippen molar-refractivity contribution in [3.05, 3.63) is 59.9 Å². The van der Waals surface area contributed by atoms with Crippen molar-refractivity contribution >= 4 is 38.3 Å². The quantitative estimate of drug-likeness (QED) is 0.206. The van der Waals surface area contributed by atoms with Gasteiger partial charge in [-0.15, -0.1) is 0 Å². The number of nitrogens with one attached hydrogen (secondary N) is 1. The van der Waals surface area contributed by atoms with E-state index >= 15 is 0 Å². The first kappa shape index (κ1) is 35.3. The van der Waals surface area contributed by atoms with Gasteiger partial charge < -0.3 is 34.4 Å². The molecule has 0 atom stereocenters. The minimum atomic E-state index is -3.37. The number of nitrogens with zero attached hydrogens (tertiary/aromatic N) is 4. The van der Waals surface area contributed by atoms with Crippen LogP contribution < -0.4 is 24.7 Å². The Morgan fingerprint density at radius 2 is 1.87 bits per heavy atom. The molecule has 3 heterocycles. The summed E-state index contributed by atoms with van der Waals surface area (Å²) in [6.07, 6.45) is 2.66. The summed E-state index contributed by atoms with van der Waals surface area (Å²) >= 11 is 0. The molecule has 0 aliphatic carbocycles. The number of sulfonamides is 1. The second-order valence-electron chi connectivity index (χ2n) is 11.9. The summed E-state index contributed by atoms with van der Waals surface area (Å²) in [5.74, 6) is 0.184. The SMILES string of the molecule is COc1c(N)cc(C(C)(C)C)cc1NS(C)(=O)=O.Cn1c(C(=O)O)cc2cccc(Oc3ccnc(OCCN4CCOCC4)n3)c21. The summed E-state index contributed by atoms with van der Waals surface area (Å²) in [6, 6.07) is 12.5. The van der Waals surface area contributed by atoms with Gasteiger partial charge in [0.05, 0.1) is 43.5 Å². The van der Waals surface area contributed by atoms with Gasteiger partial charge in [0.2, 0.25) is 15.9 Å². The fraction of sp³-hybridized carbons (Fsp3) is 0.406. The maximum atomic E-state index is 11.4. The Kier molecular flexibility index (Phi) is 11.2. The van der Waals surface area contributed by atoms with Crippen LogP contribution in [0.5, 0.6) is 23.4 Å². The molecule has 1 aliphatic heterocycles. The number of aromatic nitrogens is 3. The van der Waals surface area contributed by atoms with Crippen LogP contribution in [-0.2, 0) is 27.2 Å². The highest BCUT2D eigenvalue weighted by Crippen LogP contribution is 2.37. The van der Waals surface area contributed by atoms with Crippen molar-refractivity contribution in [2.75, 3.05) is 63.3 Å². The molecule has 0 radical (unpaired) electrons. The average Bonchev–Trinajstić information content (AvgIpc) is 3.34. The summed E-state index contributed by atoms with van der Waals surface area (Å²) in [5.41, 5.74) is 8.34. The fourth-order valence-electron chi connectivity index (χ4n) is 4.91. The number of fused-ring (bicyclic) bond motifs is 1. The Hall–Kier alpha value is -4.60. The Balaban J connectivity index is 0.000000240. The summed E-state index contributed by atoms with van der Waals surface area (Å²) in [6.45, 7) is 10.6. The first-order valence-electron chi connectivity index (χ1n) is 14.9. The molecule has 47 heavy (non-hydrogen) atoms. The van der Waals surface area contributed by atoms with Gasteiger partial charge in [-0.05, 0) is 35.2 Å². The van der Waals surface area contributed by atoms with Crippen LogP contribution in [0.3, 0.4) is 0 Å². The number of aryl methyl sites for hydroxylation is 1. The molecule has 4 N–H and O–H groups in total. The Labute approximate surface area is 274 Å². The van der Waals surface area contributed by atoms with Crippen LogP contribution >= 0.6 is 0 Å². The number of methoxy groups -OCH3 is 1. The number of morpholine rings is 1. The first-order valence-corrected chi connectivity index (χ1v) is 16.8. The molecule has 14 nitrogen and oxygen atoms in total. The molecule has 0 spiro atoms. The van der Waals surface area contributed by atoms with Crippen molar-refractivity contribution < 1.29 is 37.3 Å². The number of hydrogen-bond donors (Lipinski definition) is 3. The largest absolute Gasteiger partial charge is 0.492 e. The lowest BCUT2D eigenvalue weighted by Gasteiger charge is -2.26. The van der Waals surface area contributed by atoms with E-state index in [0.29, 0.717) is 40.9 Å². The summed E-state index contributed by atoms with van der Waals surface area (Å²) in [4.78, 5) is 22.1. The zero-order valence-electron chi connectivity index (χ0n) is 27.4. The monoisotopic (exact) mass is 670 g/mol. The van der Waals surface area contributed by atoms with E-state index in [1.807, 2.05) is 32.9 Å². The van der Waals surface area contributed by atoms with Gasteiger partial charge in [0.25, 0.3) is 0 Å². The van der Waals surface area contributed by atoms with E-state index in [2.05, 4.69) is 19.6 Å². The number of carbonyl (C=O) groups is 1. The lowest BCUT2D eigenvalue weighted by molar-refractivity contribution is 0.0317. The van der Waals surface area contributed by atoms with Gasteiger partial charge in [-0.25, -0.2) is 18.2 Å². The van der Waals surface area contributed by atoms with Crippen LogP contribution in [0.2, 0.25) is 0 Å². The van der Waals surface area contributed by atoms with Crippen molar-refractivity contribution in [2.45, 2.75) is 26.2 Å². The molecule has 2 aromatic carbocycles. The van der Waals surface area contributed by atoms with Gasteiger partial charge in [0.15, 0.2) is 11.5 Å². The van der Waals surface area contributed by atoms with E-state index in [9.17, 15) is 18.3 Å². The Morgan fingerprint density at radius 3 is 2.51 bits per heavy atom. The molecule has 0 bridgehead atoms. The Morgan fingerprint density at radius 1 is 1.15 bits per heavy atom. The van der Waals surface area contributed by atoms with Gasteiger partial charge in [-0.2, -0.15) is 4.98 Å². The van der Waals surface area contributed by atoms with Gasteiger partial charge in [0, 0.05) is 44.3 Å². The topological polar surface area (TPSA) is 180 Å². The summed E-state index contributed by atoms with van der Waals surface area (Å²) < 4.78 is 48.7. The van der Waals surface area contributed by atoms with Gasteiger partial charge in [-0.3, -0.25) is 9.62 Å². The highest BCUT2D eigenvalue weighted by molar-refractivity contribution is 7.92. The molecule has 0 amide bonds. The Bertz CT molecular complexity index is 1810. The molecule has 15 heteroatoms. The van der Waals surface area contributed by atoms with E-state index in [1.165, 1.54) is 7.11 Å². The van der Waals surface area contributed by atoms with Crippen molar-refractivity contribution in [3.63, 3.8) is 0 Å². The van der Waals surface area contributed by atoms with Crippen LogP contribution in [0.25, 0.3) is 10.9 Å². The molecule has 254 valence electrons. The third kappa shape index (κ3) is 9.47. The summed E-state index contributed by atoms with van der Waals surface area (Å²) in [7, 11) is -0.227. The number of hydrogen-bond acceptors (Lipinski definition) is 11. The van der Waals surface area contributed by atoms with Crippen LogP contribution in [0.4, 0.5) is 11.4 Å². The zero-order valence-corrected chi connectivity index (χ0v) is 28.3. The molecule has 2 aromatic heterocycles. The highest BCUT2D eigenvalue weighted by Gasteiger charge is 2.20. The number of rotatable bonds is 10. The maximum Gasteiger partial charge on any atom is 0.352 e. The number of carboxylic acids is 1. The first-order chi connectivity index (χ1) is 22.2. The number of nitrogens with two attached hydrogens (primary N) is 1. The number of aromatic carboxylic acids is 1. The third-order valence-corrected chi connectivity index (χ3v) is 7.88. The lowest BCUT2D eigenvalue weighted by atomic mass is 9.86. The highest BCUT2D eigenvalue weighted by atomic mass is 32.2. The number of para-hydroxylation sites is 1. The molecule has 1 saturated heterocycles. The van der Waals surface area contributed by atoms with E-state index in [4.69, 9.17) is 24.7 Å². The predicted octanol–water partition coefficient (Wildman–Crippen LogP) is 4.12. The maximum absolute atomic E-state index is 11.4. The van der Waals surface area contributed by atoms with E-state index < -0.39 is 16.0 Å². The average molecular weight is 671 g/mol. The van der Waals surface area contributed by atoms with Gasteiger partial charge in [-0.1, -0.05) is 32.9 Å². The molecule has 1 fully saturated rings. The second kappa shape index (κ2) is 14.9. The van der Waals surface area contributed by atoms with E-state index in [1.54, 1.807) is 48.1 Å². The molecule has 4 aromatic rings. The fourth-order valence-corrected chi connectivity index (χ4v) is 5.46. The van der Waals surface area contributed by atoms with E-state index in [-0.39, 0.29) is 17.1 Å². The molecule has 0 saturated carbocycles. The molecule has 5 rings (SSSR count). The normalized spacial score (nSPS) is 13.8. The third-order valence-electron chi connectivity index (χ3n) is 7.29. The molecular formula is C32H42N6O8S. The van der Waals surface area contributed by atoms with Gasteiger partial charge in [0.1, 0.15) is 12.3 Å². The smallest absolute Gasteiger partial charge is 0.352 e. The number of benzene rings is 2. The second-order valence-corrected chi connectivity index (χ2v) is 13.7. The molecular weight excluding hydrogens is 628 g/mol. The van der Waals surface area contributed by atoms with Crippen molar-refractivity contribution in [2.24, 2.45) is 7.05 Å². The molecule has 1 aliphatic rings. The van der Waals surface area contributed by atoms with Crippen LogP contribution in [0.1, 0.15) is 36.8 Å². The van der Waals surface area contributed by atoms with Crippen LogP contribution in [-0.4, -0.2) is 91.7 Å².